The minimum absolute atomic E-state index is 0.229. The number of rotatable bonds is 5. The van der Waals surface area contributed by atoms with Gasteiger partial charge in [-0.1, -0.05) is 47.1 Å². The van der Waals surface area contributed by atoms with Gasteiger partial charge >= 0.3 is 6.03 Å². The lowest BCUT2D eigenvalue weighted by Gasteiger charge is -2.26. The van der Waals surface area contributed by atoms with Crippen molar-refractivity contribution < 1.29 is 14.3 Å². The quantitative estimate of drug-likeness (QED) is 0.773. The zero-order chi connectivity index (χ0) is 18.0. The molecule has 3 amide bonds. The number of amides is 3. The Morgan fingerprint density at radius 3 is 2.28 bits per heavy atom. The maximum Gasteiger partial charge on any atom is 0.325 e. The molecule has 5 nitrogen and oxygen atoms in total. The lowest BCUT2D eigenvalue weighted by Crippen LogP contribution is -2.43. The number of carbonyl (C=O) groups excluding carboxylic acids is 2. The van der Waals surface area contributed by atoms with Gasteiger partial charge in [0.15, 0.2) is 0 Å². The van der Waals surface area contributed by atoms with Gasteiger partial charge in [0.25, 0.3) is 5.91 Å². The molecule has 3 rings (SSSR count). The number of methoxy groups -OCH3 is 1. The summed E-state index contributed by atoms with van der Waals surface area (Å²) >= 11 is 3.38. The summed E-state index contributed by atoms with van der Waals surface area (Å²) in [6.45, 7) is 2.14. The molecule has 0 saturated carbocycles. The highest BCUT2D eigenvalue weighted by atomic mass is 79.9. The first-order valence-electron chi connectivity index (χ1n) is 8.03. The van der Waals surface area contributed by atoms with Crippen molar-refractivity contribution in [1.82, 2.24) is 10.2 Å². The molecule has 0 aromatic heterocycles. The predicted molar refractivity (Wildman–Crippen MR) is 98.2 cm³/mol. The summed E-state index contributed by atoms with van der Waals surface area (Å²) in [6, 6.07) is 14.4. The van der Waals surface area contributed by atoms with Gasteiger partial charge in [-0.25, -0.2) is 4.79 Å². The molecule has 25 heavy (non-hydrogen) atoms. The highest BCUT2D eigenvalue weighted by Gasteiger charge is 2.51. The van der Waals surface area contributed by atoms with Crippen molar-refractivity contribution in [2.45, 2.75) is 25.4 Å². The van der Waals surface area contributed by atoms with Crippen LogP contribution >= 0.6 is 15.9 Å². The Morgan fingerprint density at radius 1 is 1.08 bits per heavy atom. The molecule has 2 aromatic carbocycles. The molecule has 1 fully saturated rings. The average Bonchev–Trinajstić information content (AvgIpc) is 2.88. The van der Waals surface area contributed by atoms with E-state index in [0.717, 1.165) is 15.6 Å². The highest BCUT2D eigenvalue weighted by molar-refractivity contribution is 9.10. The van der Waals surface area contributed by atoms with Gasteiger partial charge in [0.2, 0.25) is 0 Å². The Labute approximate surface area is 155 Å². The van der Waals surface area contributed by atoms with E-state index >= 15 is 0 Å². The van der Waals surface area contributed by atoms with E-state index in [1.165, 1.54) is 4.90 Å². The molecule has 1 atom stereocenters. The van der Waals surface area contributed by atoms with Gasteiger partial charge in [0.1, 0.15) is 11.3 Å². The predicted octanol–water partition coefficient (Wildman–Crippen LogP) is 3.82. The van der Waals surface area contributed by atoms with Crippen LogP contribution in [0, 0.1) is 0 Å². The number of hydrogen-bond acceptors (Lipinski definition) is 3. The Hall–Kier alpha value is -2.34. The second-order valence-electron chi connectivity index (χ2n) is 5.94. The second kappa shape index (κ2) is 6.88. The molecule has 0 unspecified atom stereocenters. The molecule has 0 bridgehead atoms. The maximum atomic E-state index is 13.1. The van der Waals surface area contributed by atoms with Crippen LogP contribution in [0.5, 0.6) is 5.75 Å². The lowest BCUT2D eigenvalue weighted by molar-refractivity contribution is -0.132. The fraction of sp³-hybridized carbons (Fsp3) is 0.263. The summed E-state index contributed by atoms with van der Waals surface area (Å²) in [5.41, 5.74) is 0.624. The van der Waals surface area contributed by atoms with Crippen LogP contribution in [0.3, 0.4) is 0 Å². The largest absolute Gasteiger partial charge is 0.497 e. The number of nitrogens with zero attached hydrogens (tertiary/aromatic N) is 1. The van der Waals surface area contributed by atoms with E-state index in [9.17, 15) is 9.59 Å². The molecule has 1 N–H and O–H groups in total. The summed E-state index contributed by atoms with van der Waals surface area (Å²) in [6.07, 6.45) is 0.473. The third kappa shape index (κ3) is 3.14. The van der Waals surface area contributed by atoms with E-state index in [1.54, 1.807) is 19.2 Å². The molecule has 0 radical (unpaired) electrons. The SMILES string of the molecule is CC[C@@]1(c2ccc(OC)cc2)NC(=O)N(Cc2ccc(Br)cc2)C1=O. The van der Waals surface area contributed by atoms with Crippen LogP contribution in [0.15, 0.2) is 53.0 Å². The first-order chi connectivity index (χ1) is 12.0. The number of nitrogens with one attached hydrogen (secondary N) is 1. The highest BCUT2D eigenvalue weighted by Crippen LogP contribution is 2.34. The normalized spacial score (nSPS) is 19.9. The van der Waals surface area contributed by atoms with Crippen LogP contribution < -0.4 is 10.1 Å². The Balaban J connectivity index is 1.90. The molecular formula is C19H19BrN2O3. The number of benzene rings is 2. The Morgan fingerprint density at radius 2 is 1.72 bits per heavy atom. The standard InChI is InChI=1S/C19H19BrN2O3/c1-3-19(14-6-10-16(25-2)11-7-14)17(23)22(18(24)21-19)12-13-4-8-15(20)9-5-13/h4-11H,3,12H2,1-2H3,(H,21,24)/t19-/m0/s1. The van der Waals surface area contributed by atoms with Crippen molar-refractivity contribution in [3.8, 4) is 5.75 Å². The van der Waals surface area contributed by atoms with E-state index in [2.05, 4.69) is 21.2 Å². The molecule has 2 aromatic rings. The molecule has 0 spiro atoms. The third-order valence-corrected chi connectivity index (χ3v) is 5.07. The Bertz CT molecular complexity index is 789. The topological polar surface area (TPSA) is 58.6 Å². The molecule has 6 heteroatoms. The summed E-state index contributed by atoms with van der Waals surface area (Å²) in [4.78, 5) is 26.9. The van der Waals surface area contributed by atoms with Crippen molar-refractivity contribution >= 4 is 27.9 Å². The van der Waals surface area contributed by atoms with Crippen LogP contribution in [0.25, 0.3) is 0 Å². The van der Waals surface area contributed by atoms with E-state index in [1.807, 2.05) is 43.3 Å². The smallest absolute Gasteiger partial charge is 0.325 e. The molecule has 1 aliphatic heterocycles. The van der Waals surface area contributed by atoms with Gasteiger partial charge in [-0.2, -0.15) is 0 Å². The Kier molecular flexibility index (Phi) is 4.81. The average molecular weight is 403 g/mol. The molecule has 1 aliphatic rings. The van der Waals surface area contributed by atoms with Crippen molar-refractivity contribution in [3.05, 3.63) is 64.1 Å². The molecule has 0 aliphatic carbocycles. The van der Waals surface area contributed by atoms with E-state index in [0.29, 0.717) is 12.2 Å². The van der Waals surface area contributed by atoms with Crippen molar-refractivity contribution in [1.29, 1.82) is 0 Å². The number of ether oxygens (including phenoxy) is 1. The zero-order valence-corrected chi connectivity index (χ0v) is 15.7. The number of imide groups is 1. The third-order valence-electron chi connectivity index (χ3n) is 4.54. The molecular weight excluding hydrogens is 384 g/mol. The molecule has 130 valence electrons. The number of halogens is 1. The van der Waals surface area contributed by atoms with E-state index in [-0.39, 0.29) is 18.5 Å². The fourth-order valence-electron chi connectivity index (χ4n) is 3.06. The number of hydrogen-bond donors (Lipinski definition) is 1. The summed E-state index contributed by atoms with van der Waals surface area (Å²) in [5, 5.41) is 2.89. The van der Waals surface area contributed by atoms with Crippen molar-refractivity contribution in [2.75, 3.05) is 7.11 Å². The van der Waals surface area contributed by atoms with Crippen LogP contribution in [0.1, 0.15) is 24.5 Å². The van der Waals surface area contributed by atoms with Gasteiger partial charge in [-0.3, -0.25) is 9.69 Å². The fourth-order valence-corrected chi connectivity index (χ4v) is 3.32. The monoisotopic (exact) mass is 402 g/mol. The van der Waals surface area contributed by atoms with Crippen LogP contribution in [-0.2, 0) is 16.9 Å². The van der Waals surface area contributed by atoms with Gasteiger partial charge < -0.3 is 10.1 Å². The maximum absolute atomic E-state index is 13.1. The second-order valence-corrected chi connectivity index (χ2v) is 6.85. The number of carbonyl (C=O) groups is 2. The van der Waals surface area contributed by atoms with Gasteiger partial charge in [0, 0.05) is 4.47 Å². The molecule has 1 heterocycles. The van der Waals surface area contributed by atoms with E-state index in [4.69, 9.17) is 4.74 Å². The van der Waals surface area contributed by atoms with Gasteiger partial charge in [-0.15, -0.1) is 0 Å². The van der Waals surface area contributed by atoms with Crippen LogP contribution in [0.4, 0.5) is 4.79 Å². The van der Waals surface area contributed by atoms with Crippen LogP contribution in [0.2, 0.25) is 0 Å². The van der Waals surface area contributed by atoms with Crippen LogP contribution in [-0.4, -0.2) is 23.9 Å². The summed E-state index contributed by atoms with van der Waals surface area (Å²) in [7, 11) is 1.59. The van der Waals surface area contributed by atoms with Crippen molar-refractivity contribution in [2.24, 2.45) is 0 Å². The van der Waals surface area contributed by atoms with Crippen molar-refractivity contribution in [3.63, 3.8) is 0 Å². The number of urea groups is 1. The zero-order valence-electron chi connectivity index (χ0n) is 14.1. The molecule has 1 saturated heterocycles. The van der Waals surface area contributed by atoms with E-state index < -0.39 is 5.54 Å². The van der Waals surface area contributed by atoms with Gasteiger partial charge in [-0.05, 0) is 41.8 Å². The summed E-state index contributed by atoms with van der Waals surface area (Å²) < 4.78 is 6.12. The minimum Gasteiger partial charge on any atom is -0.497 e. The summed E-state index contributed by atoms with van der Waals surface area (Å²) in [5.74, 6) is 0.478. The van der Waals surface area contributed by atoms with Gasteiger partial charge in [0.05, 0.1) is 13.7 Å². The first-order valence-corrected chi connectivity index (χ1v) is 8.82. The minimum atomic E-state index is -1.03. The first kappa shape index (κ1) is 17.5. The lowest BCUT2D eigenvalue weighted by atomic mass is 9.87.